The molecule has 0 fully saturated rings. The summed E-state index contributed by atoms with van der Waals surface area (Å²) >= 11 is 0. The maximum atomic E-state index is 12.7. The highest BCUT2D eigenvalue weighted by molar-refractivity contribution is 6.06. The molecule has 0 spiro atoms. The Morgan fingerprint density at radius 2 is 1.82 bits per heavy atom. The standard InChI is InChI=1S/C27H28N2O4/c1-32-25-12-6-5-11-23(25)27(31)29-22-13-14-24-20(17-22)16-21(18-33-24)26(30)28-15-7-10-19-8-3-2-4-9-19/h2-6,8-9,11-14,17,21H,7,10,15-16,18H2,1H3,(H,28,30)(H,29,31)/t21-/m1/s1. The summed E-state index contributed by atoms with van der Waals surface area (Å²) in [4.78, 5) is 25.4. The second-order valence-electron chi connectivity index (χ2n) is 8.07. The number of fused-ring (bicyclic) bond motifs is 1. The van der Waals surface area contributed by atoms with Crippen molar-refractivity contribution in [3.05, 3.63) is 89.5 Å². The van der Waals surface area contributed by atoms with E-state index in [-0.39, 0.29) is 17.7 Å². The van der Waals surface area contributed by atoms with Gasteiger partial charge in [-0.2, -0.15) is 0 Å². The number of carbonyl (C=O) groups is 2. The van der Waals surface area contributed by atoms with E-state index < -0.39 is 0 Å². The van der Waals surface area contributed by atoms with Gasteiger partial charge in [-0.3, -0.25) is 9.59 Å². The van der Waals surface area contributed by atoms with E-state index in [1.807, 2.05) is 36.4 Å². The van der Waals surface area contributed by atoms with Crippen LogP contribution in [0.15, 0.2) is 72.8 Å². The van der Waals surface area contributed by atoms with Crippen molar-refractivity contribution in [2.75, 3.05) is 25.6 Å². The molecule has 0 aliphatic carbocycles. The van der Waals surface area contributed by atoms with Gasteiger partial charge in [0.05, 0.1) is 18.6 Å². The van der Waals surface area contributed by atoms with Gasteiger partial charge in [0.15, 0.2) is 0 Å². The van der Waals surface area contributed by atoms with Crippen molar-refractivity contribution in [3.63, 3.8) is 0 Å². The highest BCUT2D eigenvalue weighted by Crippen LogP contribution is 2.30. The van der Waals surface area contributed by atoms with Gasteiger partial charge in [0.1, 0.15) is 18.1 Å². The predicted molar refractivity (Wildman–Crippen MR) is 128 cm³/mol. The summed E-state index contributed by atoms with van der Waals surface area (Å²) < 4.78 is 11.1. The Morgan fingerprint density at radius 3 is 2.64 bits per heavy atom. The number of nitrogens with one attached hydrogen (secondary N) is 2. The number of hydrogen-bond acceptors (Lipinski definition) is 4. The minimum atomic E-state index is -0.255. The Hall–Kier alpha value is -3.80. The van der Waals surface area contributed by atoms with Crippen LogP contribution in [0.1, 0.15) is 27.9 Å². The van der Waals surface area contributed by atoms with E-state index in [9.17, 15) is 9.59 Å². The van der Waals surface area contributed by atoms with Gasteiger partial charge in [0.2, 0.25) is 5.91 Å². The lowest BCUT2D eigenvalue weighted by atomic mass is 9.95. The third-order valence-electron chi connectivity index (χ3n) is 5.73. The maximum Gasteiger partial charge on any atom is 0.259 e. The van der Waals surface area contributed by atoms with Gasteiger partial charge in [0, 0.05) is 12.2 Å². The predicted octanol–water partition coefficient (Wildman–Crippen LogP) is 4.25. The van der Waals surface area contributed by atoms with Crippen LogP contribution in [0.4, 0.5) is 5.69 Å². The first-order valence-electron chi connectivity index (χ1n) is 11.2. The van der Waals surface area contributed by atoms with E-state index in [1.54, 1.807) is 24.3 Å². The van der Waals surface area contributed by atoms with Crippen molar-refractivity contribution in [3.8, 4) is 11.5 Å². The molecule has 4 rings (SSSR count). The van der Waals surface area contributed by atoms with E-state index in [4.69, 9.17) is 9.47 Å². The molecular formula is C27H28N2O4. The zero-order valence-corrected chi connectivity index (χ0v) is 18.7. The topological polar surface area (TPSA) is 76.7 Å². The average Bonchev–Trinajstić information content (AvgIpc) is 2.86. The van der Waals surface area contributed by atoms with Crippen LogP contribution in [0.2, 0.25) is 0 Å². The average molecular weight is 445 g/mol. The molecule has 0 aromatic heterocycles. The second-order valence-corrected chi connectivity index (χ2v) is 8.07. The van der Waals surface area contributed by atoms with Crippen LogP contribution in [0.3, 0.4) is 0 Å². The summed E-state index contributed by atoms with van der Waals surface area (Å²) in [6.07, 6.45) is 2.39. The summed E-state index contributed by atoms with van der Waals surface area (Å²) in [6, 6.07) is 22.8. The molecular weight excluding hydrogens is 416 g/mol. The highest BCUT2D eigenvalue weighted by Gasteiger charge is 2.26. The van der Waals surface area contributed by atoms with E-state index in [0.717, 1.165) is 24.2 Å². The molecule has 2 N–H and O–H groups in total. The normalized spacial score (nSPS) is 14.5. The molecule has 0 unspecified atom stereocenters. The monoisotopic (exact) mass is 444 g/mol. The van der Waals surface area contributed by atoms with Crippen LogP contribution in [-0.2, 0) is 17.6 Å². The van der Waals surface area contributed by atoms with Gasteiger partial charge in [-0.25, -0.2) is 0 Å². The summed E-state index contributed by atoms with van der Waals surface area (Å²) in [5.41, 5.74) is 3.28. The minimum absolute atomic E-state index is 0.00262. The zero-order valence-electron chi connectivity index (χ0n) is 18.7. The maximum absolute atomic E-state index is 12.7. The molecule has 2 amide bonds. The summed E-state index contributed by atoms with van der Waals surface area (Å²) in [6.45, 7) is 0.983. The molecule has 1 heterocycles. The molecule has 6 heteroatoms. The number of rotatable bonds is 8. The SMILES string of the molecule is COc1ccccc1C(=O)Nc1ccc2c(c1)C[C@@H](C(=O)NCCCc1ccccc1)CO2. The second kappa shape index (κ2) is 10.7. The fraction of sp³-hybridized carbons (Fsp3) is 0.259. The number of benzene rings is 3. The Kier molecular flexibility index (Phi) is 7.25. The summed E-state index contributed by atoms with van der Waals surface area (Å²) in [5, 5.41) is 5.94. The third kappa shape index (κ3) is 5.71. The van der Waals surface area contributed by atoms with Gasteiger partial charge >= 0.3 is 0 Å². The van der Waals surface area contributed by atoms with Crippen molar-refractivity contribution >= 4 is 17.5 Å². The number of methoxy groups -OCH3 is 1. The quantitative estimate of drug-likeness (QED) is 0.510. The Labute approximate surface area is 193 Å². The van der Waals surface area contributed by atoms with Gasteiger partial charge in [-0.15, -0.1) is 0 Å². The van der Waals surface area contributed by atoms with Gasteiger partial charge < -0.3 is 20.1 Å². The van der Waals surface area contributed by atoms with Crippen LogP contribution in [0.25, 0.3) is 0 Å². The number of hydrogen-bond donors (Lipinski definition) is 2. The van der Waals surface area contributed by atoms with Gasteiger partial charge in [0.25, 0.3) is 5.91 Å². The third-order valence-corrected chi connectivity index (χ3v) is 5.73. The minimum Gasteiger partial charge on any atom is -0.496 e. The molecule has 3 aromatic carbocycles. The number of aryl methyl sites for hydroxylation is 1. The zero-order chi connectivity index (χ0) is 23.0. The lowest BCUT2D eigenvalue weighted by Gasteiger charge is -2.25. The van der Waals surface area contributed by atoms with E-state index in [0.29, 0.717) is 36.6 Å². The van der Waals surface area contributed by atoms with E-state index >= 15 is 0 Å². The fourth-order valence-electron chi connectivity index (χ4n) is 3.96. The number of anilines is 1. The lowest BCUT2D eigenvalue weighted by molar-refractivity contribution is -0.126. The molecule has 1 aliphatic heterocycles. The molecule has 1 atom stereocenters. The largest absolute Gasteiger partial charge is 0.496 e. The van der Waals surface area contributed by atoms with Crippen molar-refractivity contribution in [1.29, 1.82) is 0 Å². The molecule has 170 valence electrons. The number of carbonyl (C=O) groups excluding carboxylic acids is 2. The van der Waals surface area contributed by atoms with Crippen molar-refractivity contribution in [2.45, 2.75) is 19.3 Å². The first-order valence-corrected chi connectivity index (χ1v) is 11.2. The van der Waals surface area contributed by atoms with E-state index in [2.05, 4.69) is 22.8 Å². The Morgan fingerprint density at radius 1 is 1.03 bits per heavy atom. The summed E-state index contributed by atoms with van der Waals surface area (Å²) in [7, 11) is 1.54. The van der Waals surface area contributed by atoms with Crippen molar-refractivity contribution in [1.82, 2.24) is 5.32 Å². The van der Waals surface area contributed by atoms with Crippen LogP contribution in [-0.4, -0.2) is 32.1 Å². The van der Waals surface area contributed by atoms with Gasteiger partial charge in [-0.05, 0) is 60.7 Å². The Bertz CT molecular complexity index is 1110. The van der Waals surface area contributed by atoms with Crippen LogP contribution in [0.5, 0.6) is 11.5 Å². The smallest absolute Gasteiger partial charge is 0.259 e. The van der Waals surface area contributed by atoms with E-state index in [1.165, 1.54) is 12.7 Å². The first kappa shape index (κ1) is 22.4. The van der Waals surface area contributed by atoms with Crippen LogP contribution < -0.4 is 20.1 Å². The molecule has 6 nitrogen and oxygen atoms in total. The molecule has 1 aliphatic rings. The fourth-order valence-corrected chi connectivity index (χ4v) is 3.96. The molecule has 0 saturated carbocycles. The molecule has 0 bridgehead atoms. The van der Waals surface area contributed by atoms with Crippen molar-refractivity contribution in [2.24, 2.45) is 5.92 Å². The lowest BCUT2D eigenvalue weighted by Crippen LogP contribution is -2.37. The molecule has 3 aromatic rings. The number of amides is 2. The molecule has 0 saturated heterocycles. The van der Waals surface area contributed by atoms with Crippen molar-refractivity contribution < 1.29 is 19.1 Å². The number of ether oxygens (including phenoxy) is 2. The van der Waals surface area contributed by atoms with Crippen LogP contribution in [0, 0.1) is 5.92 Å². The summed E-state index contributed by atoms with van der Waals surface area (Å²) in [5.74, 6) is 0.752. The highest BCUT2D eigenvalue weighted by atomic mass is 16.5. The molecule has 0 radical (unpaired) electrons. The Balaban J connectivity index is 1.33. The van der Waals surface area contributed by atoms with Gasteiger partial charge in [-0.1, -0.05) is 42.5 Å². The number of para-hydroxylation sites is 1. The first-order chi connectivity index (χ1) is 16.1. The molecule has 33 heavy (non-hydrogen) atoms. The van der Waals surface area contributed by atoms with Crippen LogP contribution >= 0.6 is 0 Å².